The van der Waals surface area contributed by atoms with Crippen LogP contribution in [0, 0.1) is 0 Å². The number of rotatable bonds is 3. The molecule has 2 rings (SSSR count). The molecule has 0 bridgehead atoms. The summed E-state index contributed by atoms with van der Waals surface area (Å²) in [4.78, 5) is 7.87. The van der Waals surface area contributed by atoms with Gasteiger partial charge in [-0.15, -0.1) is 0 Å². The summed E-state index contributed by atoms with van der Waals surface area (Å²) in [5.41, 5.74) is 3.29. The Morgan fingerprint density at radius 1 is 1.40 bits per heavy atom. The zero-order valence-corrected chi connectivity index (χ0v) is 9.46. The minimum absolute atomic E-state index is 0.444. The van der Waals surface area contributed by atoms with Crippen molar-refractivity contribution in [3.63, 3.8) is 0 Å². The lowest BCUT2D eigenvalue weighted by Crippen LogP contribution is -1.95. The second kappa shape index (κ2) is 3.93. The number of nitrogens with one attached hydrogen (secondary N) is 2. The molecule has 2 aromatic rings. The van der Waals surface area contributed by atoms with Crippen LogP contribution in [-0.2, 0) is 0 Å². The van der Waals surface area contributed by atoms with Crippen molar-refractivity contribution in [3.05, 3.63) is 24.0 Å². The minimum atomic E-state index is 0.444. The molecule has 0 aliphatic heterocycles. The maximum absolute atomic E-state index is 4.53. The van der Waals surface area contributed by atoms with Gasteiger partial charge in [0.05, 0.1) is 11.0 Å². The zero-order chi connectivity index (χ0) is 10.8. The Hall–Kier alpha value is -1.51. The molecular weight excluding hydrogens is 186 g/mol. The van der Waals surface area contributed by atoms with Crippen LogP contribution in [0.4, 0.5) is 5.69 Å². The number of anilines is 1. The Morgan fingerprint density at radius 3 is 2.87 bits per heavy atom. The average Bonchev–Trinajstić information content (AvgIpc) is 2.61. The van der Waals surface area contributed by atoms with E-state index in [4.69, 9.17) is 0 Å². The van der Waals surface area contributed by atoms with Crippen LogP contribution in [0.5, 0.6) is 0 Å². The third kappa shape index (κ3) is 1.96. The highest BCUT2D eigenvalue weighted by Crippen LogP contribution is 2.20. The lowest BCUT2D eigenvalue weighted by atomic mass is 10.2. The number of benzene rings is 1. The fourth-order valence-corrected chi connectivity index (χ4v) is 1.62. The molecule has 0 aliphatic carbocycles. The fraction of sp³-hybridized carbons (Fsp3) is 0.417. The first-order chi connectivity index (χ1) is 7.20. The van der Waals surface area contributed by atoms with Crippen molar-refractivity contribution in [1.29, 1.82) is 0 Å². The molecule has 1 aromatic carbocycles. The second-order valence-corrected chi connectivity index (χ2v) is 4.04. The first-order valence-electron chi connectivity index (χ1n) is 5.44. The number of fused-ring (bicyclic) bond motifs is 1. The Kier molecular flexibility index (Phi) is 2.62. The van der Waals surface area contributed by atoms with Crippen LogP contribution in [-0.4, -0.2) is 16.5 Å². The number of imidazole rings is 1. The van der Waals surface area contributed by atoms with Crippen molar-refractivity contribution in [2.45, 2.75) is 26.7 Å². The summed E-state index contributed by atoms with van der Waals surface area (Å²) >= 11 is 0. The summed E-state index contributed by atoms with van der Waals surface area (Å²) < 4.78 is 0. The number of hydrogen-bond donors (Lipinski definition) is 2. The second-order valence-electron chi connectivity index (χ2n) is 4.04. The SMILES string of the molecule is CCNc1ccc2nc(C(C)C)[nH]c2c1. The van der Waals surface area contributed by atoms with E-state index in [1.165, 1.54) is 0 Å². The minimum Gasteiger partial charge on any atom is -0.385 e. The third-order valence-corrected chi connectivity index (χ3v) is 2.43. The average molecular weight is 203 g/mol. The van der Waals surface area contributed by atoms with Gasteiger partial charge in [0.25, 0.3) is 0 Å². The topological polar surface area (TPSA) is 40.7 Å². The Balaban J connectivity index is 2.43. The maximum Gasteiger partial charge on any atom is 0.109 e. The van der Waals surface area contributed by atoms with Crippen molar-refractivity contribution < 1.29 is 0 Å². The standard InChI is InChI=1S/C12H17N3/c1-4-13-9-5-6-10-11(7-9)15-12(14-10)8(2)3/h5-8,13H,4H2,1-3H3,(H,14,15). The van der Waals surface area contributed by atoms with E-state index in [0.717, 1.165) is 29.1 Å². The van der Waals surface area contributed by atoms with Gasteiger partial charge in [-0.2, -0.15) is 0 Å². The predicted octanol–water partition coefficient (Wildman–Crippen LogP) is 3.12. The number of hydrogen-bond acceptors (Lipinski definition) is 2. The van der Waals surface area contributed by atoms with Crippen molar-refractivity contribution in [1.82, 2.24) is 9.97 Å². The van der Waals surface area contributed by atoms with Crippen LogP contribution in [0.1, 0.15) is 32.5 Å². The predicted molar refractivity (Wildman–Crippen MR) is 64.3 cm³/mol. The molecular formula is C12H17N3. The quantitative estimate of drug-likeness (QED) is 0.804. The highest BCUT2D eigenvalue weighted by atomic mass is 14.9. The zero-order valence-electron chi connectivity index (χ0n) is 9.46. The molecule has 2 N–H and O–H groups in total. The highest BCUT2D eigenvalue weighted by molar-refractivity contribution is 5.79. The molecule has 0 amide bonds. The summed E-state index contributed by atoms with van der Waals surface area (Å²) in [6.07, 6.45) is 0. The lowest BCUT2D eigenvalue weighted by molar-refractivity contribution is 0.799. The Morgan fingerprint density at radius 2 is 2.20 bits per heavy atom. The van der Waals surface area contributed by atoms with E-state index in [1.54, 1.807) is 0 Å². The third-order valence-electron chi connectivity index (χ3n) is 2.43. The number of nitrogens with zero attached hydrogens (tertiary/aromatic N) is 1. The van der Waals surface area contributed by atoms with E-state index >= 15 is 0 Å². The number of aromatic nitrogens is 2. The molecule has 3 heteroatoms. The van der Waals surface area contributed by atoms with Crippen molar-refractivity contribution >= 4 is 16.7 Å². The molecule has 0 aliphatic rings. The van der Waals surface area contributed by atoms with Gasteiger partial charge >= 0.3 is 0 Å². The van der Waals surface area contributed by atoms with Crippen LogP contribution in [0.15, 0.2) is 18.2 Å². The molecule has 80 valence electrons. The summed E-state index contributed by atoms with van der Waals surface area (Å²) in [7, 11) is 0. The monoisotopic (exact) mass is 203 g/mol. The number of H-pyrrole nitrogens is 1. The molecule has 0 saturated carbocycles. The van der Waals surface area contributed by atoms with Gasteiger partial charge in [0.1, 0.15) is 5.82 Å². The summed E-state index contributed by atoms with van der Waals surface area (Å²) in [5, 5.41) is 3.29. The maximum atomic E-state index is 4.53. The van der Waals surface area contributed by atoms with Crippen molar-refractivity contribution in [2.75, 3.05) is 11.9 Å². The molecule has 1 aromatic heterocycles. The summed E-state index contributed by atoms with van der Waals surface area (Å²) in [6.45, 7) is 7.32. The van der Waals surface area contributed by atoms with Gasteiger partial charge in [-0.1, -0.05) is 13.8 Å². The van der Waals surface area contributed by atoms with E-state index in [0.29, 0.717) is 5.92 Å². The van der Waals surface area contributed by atoms with E-state index in [9.17, 15) is 0 Å². The van der Waals surface area contributed by atoms with Crippen molar-refractivity contribution in [3.8, 4) is 0 Å². The van der Waals surface area contributed by atoms with Crippen molar-refractivity contribution in [2.24, 2.45) is 0 Å². The van der Waals surface area contributed by atoms with Gasteiger partial charge in [-0.05, 0) is 25.1 Å². The van der Waals surface area contributed by atoms with Crippen LogP contribution in [0.25, 0.3) is 11.0 Å². The van der Waals surface area contributed by atoms with Crippen LogP contribution in [0.2, 0.25) is 0 Å². The molecule has 3 nitrogen and oxygen atoms in total. The van der Waals surface area contributed by atoms with Gasteiger partial charge < -0.3 is 10.3 Å². The molecule has 0 atom stereocenters. The van der Waals surface area contributed by atoms with Gasteiger partial charge in [0.15, 0.2) is 0 Å². The highest BCUT2D eigenvalue weighted by Gasteiger charge is 2.06. The molecule has 0 spiro atoms. The molecule has 1 heterocycles. The van der Waals surface area contributed by atoms with Crippen LogP contribution < -0.4 is 5.32 Å². The van der Waals surface area contributed by atoms with E-state index in [-0.39, 0.29) is 0 Å². The first-order valence-corrected chi connectivity index (χ1v) is 5.44. The van der Waals surface area contributed by atoms with E-state index < -0.39 is 0 Å². The molecule has 0 saturated heterocycles. The summed E-state index contributed by atoms with van der Waals surface area (Å²) in [6, 6.07) is 6.23. The number of aromatic amines is 1. The largest absolute Gasteiger partial charge is 0.385 e. The molecule has 15 heavy (non-hydrogen) atoms. The fourth-order valence-electron chi connectivity index (χ4n) is 1.62. The normalized spacial score (nSPS) is 11.2. The van der Waals surface area contributed by atoms with E-state index in [2.05, 4.69) is 54.3 Å². The first kappa shape index (κ1) is 10.0. The molecule has 0 fully saturated rings. The molecule has 0 radical (unpaired) electrons. The van der Waals surface area contributed by atoms with E-state index in [1.807, 2.05) is 0 Å². The van der Waals surface area contributed by atoms with Gasteiger partial charge in [-0.25, -0.2) is 4.98 Å². The van der Waals surface area contributed by atoms with Crippen LogP contribution >= 0.6 is 0 Å². The Labute approximate surface area is 89.9 Å². The van der Waals surface area contributed by atoms with Crippen LogP contribution in [0.3, 0.4) is 0 Å². The molecule has 0 unspecified atom stereocenters. The van der Waals surface area contributed by atoms with Gasteiger partial charge in [0, 0.05) is 18.2 Å². The Bertz CT molecular complexity index is 457. The summed E-state index contributed by atoms with van der Waals surface area (Å²) in [5.74, 6) is 1.50. The van der Waals surface area contributed by atoms with Gasteiger partial charge in [0.2, 0.25) is 0 Å². The smallest absolute Gasteiger partial charge is 0.109 e. The van der Waals surface area contributed by atoms with Gasteiger partial charge in [-0.3, -0.25) is 0 Å². The lowest BCUT2D eigenvalue weighted by Gasteiger charge is -2.01.